The van der Waals surface area contributed by atoms with Crippen LogP contribution >= 0.6 is 23.5 Å². The van der Waals surface area contributed by atoms with E-state index in [1.54, 1.807) is 18.0 Å². The van der Waals surface area contributed by atoms with Crippen LogP contribution in [0.15, 0.2) is 35.2 Å². The second kappa shape index (κ2) is 4.20. The van der Waals surface area contributed by atoms with Crippen molar-refractivity contribution in [1.29, 1.82) is 0 Å². The number of aromatic nitrogens is 2. The molecule has 1 aliphatic rings. The minimum absolute atomic E-state index is 0.490. The summed E-state index contributed by atoms with van der Waals surface area (Å²) in [5, 5.41) is 0.490. The molecule has 1 aliphatic heterocycles. The molecule has 17 heavy (non-hydrogen) atoms. The maximum absolute atomic E-state index is 5.95. The van der Waals surface area contributed by atoms with E-state index in [1.807, 2.05) is 19.1 Å². The van der Waals surface area contributed by atoms with E-state index in [9.17, 15) is 0 Å². The SMILES string of the molecule is Cc1cc(Cl)nc(N2Cc3ccccc3S2)n1. The molecule has 0 unspecified atom stereocenters. The molecule has 0 aliphatic carbocycles. The van der Waals surface area contributed by atoms with E-state index in [0.717, 1.165) is 12.2 Å². The van der Waals surface area contributed by atoms with E-state index in [2.05, 4.69) is 26.4 Å². The van der Waals surface area contributed by atoms with Gasteiger partial charge in [0.25, 0.3) is 0 Å². The van der Waals surface area contributed by atoms with Gasteiger partial charge in [-0.2, -0.15) is 0 Å². The van der Waals surface area contributed by atoms with Crippen LogP contribution in [0.25, 0.3) is 0 Å². The third-order valence-electron chi connectivity index (χ3n) is 2.53. The van der Waals surface area contributed by atoms with Gasteiger partial charge in [-0.25, -0.2) is 9.97 Å². The monoisotopic (exact) mass is 263 g/mol. The first-order valence-corrected chi connectivity index (χ1v) is 6.42. The highest BCUT2D eigenvalue weighted by Crippen LogP contribution is 2.37. The van der Waals surface area contributed by atoms with Gasteiger partial charge in [0.1, 0.15) is 5.15 Å². The summed E-state index contributed by atoms with van der Waals surface area (Å²) in [6, 6.07) is 10.1. The number of fused-ring (bicyclic) bond motifs is 1. The molecule has 0 bridgehead atoms. The smallest absolute Gasteiger partial charge is 0.237 e. The van der Waals surface area contributed by atoms with E-state index in [1.165, 1.54) is 10.5 Å². The third kappa shape index (κ3) is 2.10. The topological polar surface area (TPSA) is 29.0 Å². The van der Waals surface area contributed by atoms with E-state index in [0.29, 0.717) is 11.1 Å². The Kier molecular flexibility index (Phi) is 2.68. The van der Waals surface area contributed by atoms with Gasteiger partial charge in [0.2, 0.25) is 5.95 Å². The lowest BCUT2D eigenvalue weighted by Gasteiger charge is -2.13. The van der Waals surface area contributed by atoms with Gasteiger partial charge in [0.05, 0.1) is 6.54 Å². The summed E-state index contributed by atoms with van der Waals surface area (Å²) in [5.74, 6) is 0.677. The molecule has 2 heterocycles. The minimum atomic E-state index is 0.490. The number of hydrogen-bond acceptors (Lipinski definition) is 4. The van der Waals surface area contributed by atoms with Gasteiger partial charge >= 0.3 is 0 Å². The van der Waals surface area contributed by atoms with Crippen LogP contribution in [-0.4, -0.2) is 9.97 Å². The van der Waals surface area contributed by atoms with Crippen molar-refractivity contribution in [3.63, 3.8) is 0 Å². The number of halogens is 1. The van der Waals surface area contributed by atoms with Crippen LogP contribution in [0, 0.1) is 6.92 Å². The molecule has 0 spiro atoms. The van der Waals surface area contributed by atoms with Crippen LogP contribution in [0.4, 0.5) is 5.95 Å². The van der Waals surface area contributed by atoms with E-state index in [4.69, 9.17) is 11.6 Å². The van der Waals surface area contributed by atoms with Crippen LogP contribution in [-0.2, 0) is 6.54 Å². The molecule has 0 radical (unpaired) electrons. The van der Waals surface area contributed by atoms with Gasteiger partial charge < -0.3 is 0 Å². The van der Waals surface area contributed by atoms with Crippen molar-refractivity contribution in [3.05, 3.63) is 46.7 Å². The molecule has 0 saturated heterocycles. The zero-order valence-electron chi connectivity index (χ0n) is 9.22. The summed E-state index contributed by atoms with van der Waals surface area (Å²) in [6.45, 7) is 2.74. The lowest BCUT2D eigenvalue weighted by atomic mass is 10.2. The predicted molar refractivity (Wildman–Crippen MR) is 70.3 cm³/mol. The highest BCUT2D eigenvalue weighted by molar-refractivity contribution is 8.01. The van der Waals surface area contributed by atoms with Crippen LogP contribution in [0.3, 0.4) is 0 Å². The molecule has 0 N–H and O–H groups in total. The Hall–Kier alpha value is -1.26. The van der Waals surface area contributed by atoms with Gasteiger partial charge in [0.15, 0.2) is 0 Å². The molecule has 0 saturated carbocycles. The van der Waals surface area contributed by atoms with Crippen molar-refractivity contribution in [3.8, 4) is 0 Å². The average molecular weight is 264 g/mol. The molecule has 1 aromatic carbocycles. The Bertz CT molecular complexity index is 528. The van der Waals surface area contributed by atoms with E-state index >= 15 is 0 Å². The largest absolute Gasteiger partial charge is 0.276 e. The Morgan fingerprint density at radius 3 is 2.88 bits per heavy atom. The van der Waals surface area contributed by atoms with Crippen molar-refractivity contribution in [1.82, 2.24) is 9.97 Å². The summed E-state index contributed by atoms with van der Waals surface area (Å²) >= 11 is 7.61. The van der Waals surface area contributed by atoms with Gasteiger partial charge in [-0.1, -0.05) is 29.8 Å². The molecule has 0 amide bonds. The number of benzene rings is 1. The van der Waals surface area contributed by atoms with Crippen molar-refractivity contribution in [2.75, 3.05) is 4.31 Å². The maximum Gasteiger partial charge on any atom is 0.237 e. The molecule has 0 fully saturated rings. The second-order valence-electron chi connectivity index (χ2n) is 3.87. The highest BCUT2D eigenvalue weighted by Gasteiger charge is 2.22. The zero-order chi connectivity index (χ0) is 11.8. The third-order valence-corrected chi connectivity index (χ3v) is 3.83. The molecular weight excluding hydrogens is 254 g/mol. The Labute approximate surface area is 109 Å². The quantitative estimate of drug-likeness (QED) is 0.582. The Balaban J connectivity index is 1.93. The number of hydrogen-bond donors (Lipinski definition) is 0. The Morgan fingerprint density at radius 1 is 1.29 bits per heavy atom. The first-order chi connectivity index (χ1) is 8.22. The van der Waals surface area contributed by atoms with Crippen LogP contribution < -0.4 is 4.31 Å². The molecule has 0 atom stereocenters. The molecular formula is C12H10ClN3S. The molecule has 86 valence electrons. The standard InChI is InChI=1S/C12H10ClN3S/c1-8-6-11(13)15-12(14-8)16-7-9-4-2-3-5-10(9)17-16/h2-6H,7H2,1H3. The summed E-state index contributed by atoms with van der Waals surface area (Å²) in [4.78, 5) is 9.93. The van der Waals surface area contributed by atoms with Crippen molar-refractivity contribution >= 4 is 29.5 Å². The molecule has 5 heteroatoms. The summed E-state index contributed by atoms with van der Waals surface area (Å²) in [7, 11) is 0. The first-order valence-electron chi connectivity index (χ1n) is 5.27. The van der Waals surface area contributed by atoms with Gasteiger partial charge in [0, 0.05) is 10.6 Å². The summed E-state index contributed by atoms with van der Waals surface area (Å²) < 4.78 is 2.06. The second-order valence-corrected chi connectivity index (χ2v) is 5.32. The number of nitrogens with zero attached hydrogens (tertiary/aromatic N) is 3. The fourth-order valence-electron chi connectivity index (χ4n) is 1.77. The van der Waals surface area contributed by atoms with Gasteiger partial charge in [-0.05, 0) is 36.6 Å². The minimum Gasteiger partial charge on any atom is -0.276 e. The average Bonchev–Trinajstić information content (AvgIpc) is 2.71. The summed E-state index contributed by atoms with van der Waals surface area (Å²) in [5.41, 5.74) is 2.19. The number of aryl methyl sites for hydroxylation is 1. The highest BCUT2D eigenvalue weighted by atomic mass is 35.5. The normalized spacial score (nSPS) is 13.9. The van der Waals surface area contributed by atoms with Gasteiger partial charge in [-0.3, -0.25) is 4.31 Å². The van der Waals surface area contributed by atoms with Crippen LogP contribution in [0.2, 0.25) is 5.15 Å². The van der Waals surface area contributed by atoms with Crippen LogP contribution in [0.1, 0.15) is 11.3 Å². The van der Waals surface area contributed by atoms with Crippen molar-refractivity contribution in [2.45, 2.75) is 18.4 Å². The lowest BCUT2D eigenvalue weighted by Crippen LogP contribution is -2.11. The van der Waals surface area contributed by atoms with Gasteiger partial charge in [-0.15, -0.1) is 0 Å². The number of anilines is 1. The number of rotatable bonds is 1. The van der Waals surface area contributed by atoms with Crippen LogP contribution in [0.5, 0.6) is 0 Å². The van der Waals surface area contributed by atoms with E-state index in [-0.39, 0.29) is 0 Å². The molecule has 1 aromatic heterocycles. The molecule has 2 aromatic rings. The molecule has 3 rings (SSSR count). The lowest BCUT2D eigenvalue weighted by molar-refractivity contribution is 0.972. The van der Waals surface area contributed by atoms with Crippen molar-refractivity contribution < 1.29 is 0 Å². The predicted octanol–water partition coefficient (Wildman–Crippen LogP) is 3.47. The first kappa shape index (κ1) is 10.9. The fraction of sp³-hybridized carbons (Fsp3) is 0.167. The van der Waals surface area contributed by atoms with E-state index < -0.39 is 0 Å². The Morgan fingerprint density at radius 2 is 2.12 bits per heavy atom. The van der Waals surface area contributed by atoms with Crippen molar-refractivity contribution in [2.24, 2.45) is 0 Å². The summed E-state index contributed by atoms with van der Waals surface area (Å²) in [6.07, 6.45) is 0. The zero-order valence-corrected chi connectivity index (χ0v) is 10.8. The maximum atomic E-state index is 5.95. The fourth-order valence-corrected chi connectivity index (χ4v) is 2.99. The molecule has 3 nitrogen and oxygen atoms in total.